The van der Waals surface area contributed by atoms with Gasteiger partial charge in [0, 0.05) is 30.7 Å². The third-order valence-corrected chi connectivity index (χ3v) is 4.88. The molecule has 0 spiro atoms. The molecule has 1 N–H and O–H groups in total. The number of sulfonamides is 1. The van der Waals surface area contributed by atoms with Gasteiger partial charge in [0.05, 0.1) is 11.4 Å². The Kier molecular flexibility index (Phi) is 4.67. The minimum Gasteiger partial charge on any atom is -0.223 e. The van der Waals surface area contributed by atoms with Crippen molar-refractivity contribution in [1.82, 2.24) is 19.5 Å². The lowest BCUT2D eigenvalue weighted by atomic mass is 10.3. The van der Waals surface area contributed by atoms with Gasteiger partial charge in [-0.05, 0) is 12.5 Å². The summed E-state index contributed by atoms with van der Waals surface area (Å²) in [5.74, 6) is 0.169. The van der Waals surface area contributed by atoms with Crippen LogP contribution >= 0.6 is 11.3 Å². The van der Waals surface area contributed by atoms with Gasteiger partial charge < -0.3 is 0 Å². The normalized spacial score (nSPS) is 11.8. The van der Waals surface area contributed by atoms with E-state index in [-0.39, 0.29) is 5.75 Å². The van der Waals surface area contributed by atoms with E-state index in [2.05, 4.69) is 14.8 Å². The molecule has 19 heavy (non-hydrogen) atoms. The van der Waals surface area contributed by atoms with Gasteiger partial charge in [0.1, 0.15) is 0 Å². The number of nitrogens with zero attached hydrogens (tertiary/aromatic N) is 3. The maximum Gasteiger partial charge on any atom is 0.211 e. The highest BCUT2D eigenvalue weighted by Crippen LogP contribution is 2.13. The Labute approximate surface area is 116 Å². The smallest absolute Gasteiger partial charge is 0.211 e. The van der Waals surface area contributed by atoms with Crippen LogP contribution in [0, 0.1) is 0 Å². The predicted octanol–water partition coefficient (Wildman–Crippen LogP) is 1.20. The van der Waals surface area contributed by atoms with E-state index in [1.54, 1.807) is 10.9 Å². The molecule has 0 atom stereocenters. The van der Waals surface area contributed by atoms with Gasteiger partial charge in [-0.1, -0.05) is 6.92 Å². The van der Waals surface area contributed by atoms with Crippen LogP contribution in [0.5, 0.6) is 0 Å². The first kappa shape index (κ1) is 14.2. The van der Waals surface area contributed by atoms with Crippen molar-refractivity contribution in [2.24, 2.45) is 0 Å². The van der Waals surface area contributed by atoms with Crippen molar-refractivity contribution in [3.05, 3.63) is 29.5 Å². The fraction of sp³-hybridized carbons (Fsp3) is 0.455. The van der Waals surface area contributed by atoms with Gasteiger partial charge in [-0.25, -0.2) is 22.8 Å². The average Bonchev–Trinajstić information content (AvgIpc) is 2.98. The molecule has 0 aliphatic rings. The molecule has 8 heteroatoms. The fourth-order valence-electron chi connectivity index (χ4n) is 1.57. The number of hydrogen-bond donors (Lipinski definition) is 1. The van der Waals surface area contributed by atoms with Crippen LogP contribution in [0.25, 0.3) is 5.13 Å². The Morgan fingerprint density at radius 3 is 3.00 bits per heavy atom. The summed E-state index contributed by atoms with van der Waals surface area (Å²) in [4.78, 5) is 4.40. The standard InChI is InChI=1S/C11H16N4O2S2/c1-2-8-19(16,17)13-6-4-10-9-18-11(14-10)15-7-3-5-12-15/h3,5,7,9,13H,2,4,6,8H2,1H3. The molecule has 2 rings (SSSR count). The van der Waals surface area contributed by atoms with Crippen LogP contribution < -0.4 is 4.72 Å². The number of rotatable bonds is 7. The van der Waals surface area contributed by atoms with E-state index in [4.69, 9.17) is 0 Å². The zero-order valence-electron chi connectivity index (χ0n) is 10.6. The highest BCUT2D eigenvalue weighted by molar-refractivity contribution is 7.89. The van der Waals surface area contributed by atoms with E-state index >= 15 is 0 Å². The molecule has 2 heterocycles. The fourth-order valence-corrected chi connectivity index (χ4v) is 3.47. The van der Waals surface area contributed by atoms with Crippen LogP contribution in [0.15, 0.2) is 23.8 Å². The summed E-state index contributed by atoms with van der Waals surface area (Å²) in [6, 6.07) is 1.83. The predicted molar refractivity (Wildman–Crippen MR) is 75.0 cm³/mol. The summed E-state index contributed by atoms with van der Waals surface area (Å²) in [5.41, 5.74) is 0.870. The molecule has 0 aliphatic carbocycles. The largest absolute Gasteiger partial charge is 0.223 e. The zero-order valence-corrected chi connectivity index (χ0v) is 12.2. The van der Waals surface area contributed by atoms with E-state index in [0.29, 0.717) is 19.4 Å². The third kappa shape index (κ3) is 4.12. The summed E-state index contributed by atoms with van der Waals surface area (Å²) in [6.07, 6.45) is 4.72. The molecule has 0 fully saturated rings. The third-order valence-electron chi connectivity index (χ3n) is 2.42. The number of hydrogen-bond acceptors (Lipinski definition) is 5. The lowest BCUT2D eigenvalue weighted by Gasteiger charge is -2.03. The van der Waals surface area contributed by atoms with Gasteiger partial charge in [-0.3, -0.25) is 0 Å². The second-order valence-electron chi connectivity index (χ2n) is 4.04. The maximum atomic E-state index is 11.5. The number of aromatic nitrogens is 3. The van der Waals surface area contributed by atoms with Gasteiger partial charge >= 0.3 is 0 Å². The Morgan fingerprint density at radius 1 is 1.47 bits per heavy atom. The monoisotopic (exact) mass is 300 g/mol. The summed E-state index contributed by atoms with van der Waals surface area (Å²) in [5, 5.41) is 6.81. The molecule has 0 aromatic carbocycles. The minimum atomic E-state index is -3.13. The SMILES string of the molecule is CCCS(=O)(=O)NCCc1csc(-n2cccn2)n1. The molecule has 0 saturated carbocycles. The van der Waals surface area contributed by atoms with E-state index < -0.39 is 10.0 Å². The lowest BCUT2D eigenvalue weighted by molar-refractivity contribution is 0.580. The van der Waals surface area contributed by atoms with Crippen LogP contribution in [0.1, 0.15) is 19.0 Å². The van der Waals surface area contributed by atoms with E-state index in [9.17, 15) is 8.42 Å². The van der Waals surface area contributed by atoms with Crippen molar-refractivity contribution >= 4 is 21.4 Å². The first-order valence-corrected chi connectivity index (χ1v) is 8.55. The number of nitrogens with one attached hydrogen (secondary N) is 1. The van der Waals surface area contributed by atoms with E-state index in [1.807, 2.05) is 24.6 Å². The summed E-state index contributed by atoms with van der Waals surface area (Å²) in [6.45, 7) is 2.22. The van der Waals surface area contributed by atoms with Crippen LogP contribution in [0.4, 0.5) is 0 Å². The molecule has 0 bridgehead atoms. The molecule has 0 saturated heterocycles. The zero-order chi connectivity index (χ0) is 13.7. The highest BCUT2D eigenvalue weighted by Gasteiger charge is 2.09. The quantitative estimate of drug-likeness (QED) is 0.833. The van der Waals surface area contributed by atoms with Crippen molar-refractivity contribution in [1.29, 1.82) is 0 Å². The topological polar surface area (TPSA) is 76.9 Å². The molecule has 0 amide bonds. The summed E-state index contributed by atoms with van der Waals surface area (Å²) >= 11 is 1.49. The maximum absolute atomic E-state index is 11.5. The Hall–Kier alpha value is -1.25. The van der Waals surface area contributed by atoms with Gasteiger partial charge in [-0.2, -0.15) is 5.10 Å². The van der Waals surface area contributed by atoms with Crippen molar-refractivity contribution in [3.63, 3.8) is 0 Å². The molecule has 104 valence electrons. The molecule has 0 aliphatic heterocycles. The van der Waals surface area contributed by atoms with Crippen molar-refractivity contribution in [3.8, 4) is 5.13 Å². The number of thiazole rings is 1. The molecule has 0 radical (unpaired) electrons. The lowest BCUT2D eigenvalue weighted by Crippen LogP contribution is -2.28. The van der Waals surface area contributed by atoms with Crippen LogP contribution in [0.3, 0.4) is 0 Å². The molecule has 2 aromatic rings. The van der Waals surface area contributed by atoms with Gasteiger partial charge in [0.2, 0.25) is 15.2 Å². The first-order chi connectivity index (χ1) is 9.11. The van der Waals surface area contributed by atoms with Crippen LogP contribution in [-0.2, 0) is 16.4 Å². The summed E-state index contributed by atoms with van der Waals surface area (Å²) in [7, 11) is -3.13. The van der Waals surface area contributed by atoms with Crippen LogP contribution in [-0.4, -0.2) is 35.5 Å². The van der Waals surface area contributed by atoms with Crippen molar-refractivity contribution in [2.75, 3.05) is 12.3 Å². The Morgan fingerprint density at radius 2 is 2.32 bits per heavy atom. The first-order valence-electron chi connectivity index (χ1n) is 6.02. The molecule has 6 nitrogen and oxygen atoms in total. The van der Waals surface area contributed by atoms with E-state index in [0.717, 1.165) is 10.8 Å². The summed E-state index contributed by atoms with van der Waals surface area (Å²) < 4.78 is 27.2. The molecule has 2 aromatic heterocycles. The van der Waals surface area contributed by atoms with Gasteiger partial charge in [-0.15, -0.1) is 11.3 Å². The minimum absolute atomic E-state index is 0.169. The van der Waals surface area contributed by atoms with Gasteiger partial charge in [0.25, 0.3) is 0 Å². The van der Waals surface area contributed by atoms with Crippen molar-refractivity contribution in [2.45, 2.75) is 19.8 Å². The second-order valence-corrected chi connectivity index (χ2v) is 6.80. The molecular weight excluding hydrogens is 284 g/mol. The van der Waals surface area contributed by atoms with E-state index in [1.165, 1.54) is 11.3 Å². The Bertz CT molecular complexity index is 604. The average molecular weight is 300 g/mol. The Balaban J connectivity index is 1.88. The molecular formula is C11H16N4O2S2. The molecule has 0 unspecified atom stereocenters. The second kappa shape index (κ2) is 6.27. The van der Waals surface area contributed by atoms with Crippen LogP contribution in [0.2, 0.25) is 0 Å². The highest BCUT2D eigenvalue weighted by atomic mass is 32.2. The van der Waals surface area contributed by atoms with Crippen molar-refractivity contribution < 1.29 is 8.42 Å². The van der Waals surface area contributed by atoms with Gasteiger partial charge in [0.15, 0.2) is 0 Å².